The highest BCUT2D eigenvalue weighted by Gasteiger charge is 2.22. The number of rotatable bonds is 3. The number of ether oxygens (including phenoxy) is 2. The van der Waals surface area contributed by atoms with E-state index in [-0.39, 0.29) is 12.4 Å². The lowest BCUT2D eigenvalue weighted by Crippen LogP contribution is -2.27. The monoisotopic (exact) mass is 276 g/mol. The molecule has 0 radical (unpaired) electrons. The molecular weight excluding hydrogens is 256 g/mol. The van der Waals surface area contributed by atoms with Gasteiger partial charge in [0.1, 0.15) is 11.4 Å². The van der Waals surface area contributed by atoms with Crippen LogP contribution < -0.4 is 4.74 Å². The first-order valence-electron chi connectivity index (χ1n) is 6.86. The minimum Gasteiger partial charge on any atom is -0.481 e. The number of ketones is 1. The van der Waals surface area contributed by atoms with Crippen LogP contribution in [0.2, 0.25) is 0 Å². The molecular formula is C16H20O4. The fraction of sp³-hybridized carbons (Fsp3) is 0.500. The van der Waals surface area contributed by atoms with Gasteiger partial charge in [-0.25, -0.2) is 4.79 Å². The van der Waals surface area contributed by atoms with Crippen molar-refractivity contribution in [3.8, 4) is 5.75 Å². The lowest BCUT2D eigenvalue weighted by atomic mass is 9.90. The van der Waals surface area contributed by atoms with Crippen LogP contribution in [0.5, 0.6) is 5.75 Å². The van der Waals surface area contributed by atoms with Crippen LogP contribution in [0.1, 0.15) is 49.5 Å². The Labute approximate surface area is 119 Å². The Balaban J connectivity index is 2.07. The van der Waals surface area contributed by atoms with E-state index in [1.165, 1.54) is 0 Å². The van der Waals surface area contributed by atoms with Crippen molar-refractivity contribution in [3.05, 3.63) is 29.3 Å². The van der Waals surface area contributed by atoms with E-state index in [2.05, 4.69) is 0 Å². The summed E-state index contributed by atoms with van der Waals surface area (Å²) in [6.07, 6.45) is 2.30. The van der Waals surface area contributed by atoms with Crippen LogP contribution >= 0.6 is 0 Å². The van der Waals surface area contributed by atoms with Crippen molar-refractivity contribution in [1.82, 2.24) is 0 Å². The summed E-state index contributed by atoms with van der Waals surface area (Å²) in [5.41, 5.74) is 1.09. The highest BCUT2D eigenvalue weighted by atomic mass is 16.6. The van der Waals surface area contributed by atoms with Gasteiger partial charge in [-0.1, -0.05) is 12.1 Å². The van der Waals surface area contributed by atoms with Gasteiger partial charge in [0, 0.05) is 6.42 Å². The molecule has 0 heterocycles. The first-order chi connectivity index (χ1) is 9.37. The van der Waals surface area contributed by atoms with Crippen LogP contribution in [-0.4, -0.2) is 24.0 Å². The molecule has 0 spiro atoms. The van der Waals surface area contributed by atoms with Gasteiger partial charge in [-0.15, -0.1) is 0 Å². The predicted octanol–water partition coefficient (Wildman–Crippen LogP) is 2.93. The Morgan fingerprint density at radius 2 is 2.00 bits per heavy atom. The molecule has 0 N–H and O–H groups in total. The number of aryl methyl sites for hydroxylation is 1. The van der Waals surface area contributed by atoms with Crippen LogP contribution in [-0.2, 0) is 16.0 Å². The van der Waals surface area contributed by atoms with Crippen molar-refractivity contribution in [2.75, 3.05) is 6.61 Å². The Morgan fingerprint density at radius 1 is 1.25 bits per heavy atom. The maximum Gasteiger partial charge on any atom is 0.344 e. The van der Waals surface area contributed by atoms with E-state index >= 15 is 0 Å². The average Bonchev–Trinajstić information content (AvgIpc) is 2.34. The van der Waals surface area contributed by atoms with Gasteiger partial charge < -0.3 is 9.47 Å². The second-order valence-corrected chi connectivity index (χ2v) is 5.94. The zero-order valence-corrected chi connectivity index (χ0v) is 12.2. The number of Topliss-reactive ketones (excluding diaryl/α,β-unsaturated/α-hetero) is 1. The molecule has 1 aromatic rings. The summed E-state index contributed by atoms with van der Waals surface area (Å²) in [5, 5.41) is 0. The fourth-order valence-electron chi connectivity index (χ4n) is 2.29. The van der Waals surface area contributed by atoms with Crippen molar-refractivity contribution in [3.63, 3.8) is 0 Å². The maximum atomic E-state index is 12.0. The molecule has 1 aliphatic carbocycles. The van der Waals surface area contributed by atoms with E-state index in [0.717, 1.165) is 18.4 Å². The smallest absolute Gasteiger partial charge is 0.344 e. The van der Waals surface area contributed by atoms with Gasteiger partial charge in [0.2, 0.25) is 0 Å². The third-order valence-electron chi connectivity index (χ3n) is 3.01. The standard InChI is InChI=1S/C16H20O4/c1-16(2,3)20-14(18)10-19-13-9-5-7-11-6-4-8-12(17)15(11)13/h5,7,9H,4,6,8,10H2,1-3H3. The van der Waals surface area contributed by atoms with Crippen molar-refractivity contribution in [2.24, 2.45) is 0 Å². The molecule has 0 unspecified atom stereocenters. The molecule has 0 fully saturated rings. The quantitative estimate of drug-likeness (QED) is 0.796. The number of hydrogen-bond acceptors (Lipinski definition) is 4. The highest BCUT2D eigenvalue weighted by molar-refractivity contribution is 6.01. The Bertz CT molecular complexity index is 526. The van der Waals surface area contributed by atoms with E-state index in [1.54, 1.807) is 26.8 Å². The SMILES string of the molecule is CC(C)(C)OC(=O)COc1cccc2c1C(=O)CCC2. The van der Waals surface area contributed by atoms with Crippen molar-refractivity contribution < 1.29 is 19.1 Å². The van der Waals surface area contributed by atoms with Gasteiger partial charge in [-0.3, -0.25) is 4.79 Å². The number of carbonyl (C=O) groups excluding carboxylic acids is 2. The zero-order valence-electron chi connectivity index (χ0n) is 12.2. The van der Waals surface area contributed by atoms with Crippen LogP contribution in [0.15, 0.2) is 18.2 Å². The molecule has 0 aliphatic heterocycles. The van der Waals surface area contributed by atoms with Crippen LogP contribution in [0.25, 0.3) is 0 Å². The average molecular weight is 276 g/mol. The van der Waals surface area contributed by atoms with Gasteiger partial charge in [0.25, 0.3) is 0 Å². The first-order valence-corrected chi connectivity index (χ1v) is 6.86. The summed E-state index contributed by atoms with van der Waals surface area (Å²) in [5.74, 6) is 0.141. The molecule has 20 heavy (non-hydrogen) atoms. The van der Waals surface area contributed by atoms with E-state index in [1.807, 2.05) is 12.1 Å². The largest absolute Gasteiger partial charge is 0.481 e. The van der Waals surface area contributed by atoms with Crippen LogP contribution in [0.4, 0.5) is 0 Å². The normalized spacial score (nSPS) is 14.7. The van der Waals surface area contributed by atoms with Crippen LogP contribution in [0.3, 0.4) is 0 Å². The third kappa shape index (κ3) is 3.59. The lowest BCUT2D eigenvalue weighted by molar-refractivity contribution is -0.157. The Hall–Kier alpha value is -1.84. The number of benzene rings is 1. The van der Waals surface area contributed by atoms with Crippen molar-refractivity contribution >= 4 is 11.8 Å². The van der Waals surface area contributed by atoms with Gasteiger partial charge in [-0.05, 0) is 45.2 Å². The maximum absolute atomic E-state index is 12.0. The van der Waals surface area contributed by atoms with E-state index in [0.29, 0.717) is 17.7 Å². The first kappa shape index (κ1) is 14.6. The zero-order chi connectivity index (χ0) is 14.8. The predicted molar refractivity (Wildman–Crippen MR) is 75.1 cm³/mol. The fourth-order valence-corrected chi connectivity index (χ4v) is 2.29. The van der Waals surface area contributed by atoms with E-state index in [9.17, 15) is 9.59 Å². The Morgan fingerprint density at radius 3 is 2.70 bits per heavy atom. The second-order valence-electron chi connectivity index (χ2n) is 5.94. The summed E-state index contributed by atoms with van der Waals surface area (Å²) >= 11 is 0. The number of fused-ring (bicyclic) bond motifs is 1. The molecule has 0 aromatic heterocycles. The molecule has 0 saturated carbocycles. The van der Waals surface area contributed by atoms with Gasteiger partial charge in [-0.2, -0.15) is 0 Å². The molecule has 2 rings (SSSR count). The van der Waals surface area contributed by atoms with Gasteiger partial charge >= 0.3 is 5.97 Å². The summed E-state index contributed by atoms with van der Waals surface area (Å²) in [4.78, 5) is 23.6. The van der Waals surface area contributed by atoms with Crippen LogP contribution in [0, 0.1) is 0 Å². The number of hydrogen-bond donors (Lipinski definition) is 0. The van der Waals surface area contributed by atoms with E-state index in [4.69, 9.17) is 9.47 Å². The lowest BCUT2D eigenvalue weighted by Gasteiger charge is -2.21. The number of carbonyl (C=O) groups is 2. The molecule has 108 valence electrons. The minimum absolute atomic E-state index is 0.0889. The molecule has 0 amide bonds. The minimum atomic E-state index is -0.535. The van der Waals surface area contributed by atoms with Gasteiger partial charge in [0.15, 0.2) is 12.4 Å². The topological polar surface area (TPSA) is 52.6 Å². The molecule has 1 aromatic carbocycles. The van der Waals surface area contributed by atoms with Gasteiger partial charge in [0.05, 0.1) is 5.56 Å². The molecule has 0 atom stereocenters. The second kappa shape index (κ2) is 5.65. The molecule has 0 bridgehead atoms. The molecule has 0 saturated heterocycles. The molecule has 4 heteroatoms. The summed E-state index contributed by atoms with van der Waals surface area (Å²) < 4.78 is 10.7. The molecule has 4 nitrogen and oxygen atoms in total. The van der Waals surface area contributed by atoms with E-state index < -0.39 is 11.6 Å². The Kier molecular flexibility index (Phi) is 4.12. The molecule has 1 aliphatic rings. The summed E-state index contributed by atoms with van der Waals surface area (Å²) in [6, 6.07) is 5.51. The van der Waals surface area contributed by atoms with Crippen molar-refractivity contribution in [1.29, 1.82) is 0 Å². The summed E-state index contributed by atoms with van der Waals surface area (Å²) in [7, 11) is 0. The van der Waals surface area contributed by atoms with Crippen molar-refractivity contribution in [2.45, 2.75) is 45.6 Å². The highest BCUT2D eigenvalue weighted by Crippen LogP contribution is 2.29. The number of esters is 1. The third-order valence-corrected chi connectivity index (χ3v) is 3.01. The summed E-state index contributed by atoms with van der Waals surface area (Å²) in [6.45, 7) is 5.23.